The summed E-state index contributed by atoms with van der Waals surface area (Å²) in [6, 6.07) is 8.41. The van der Waals surface area contributed by atoms with Crippen molar-refractivity contribution in [3.63, 3.8) is 0 Å². The number of nitriles is 1. The molecule has 4 aliphatic carbocycles. The minimum atomic E-state index is -1.13. The van der Waals surface area contributed by atoms with E-state index in [0.29, 0.717) is 24.3 Å². The molecule has 0 radical (unpaired) electrons. The Balaban J connectivity index is 1.54. The van der Waals surface area contributed by atoms with E-state index in [1.807, 2.05) is 0 Å². The SMILES string of the molecule is CC(CC#N)(OCc1ccccc1F)C(N)=NC1C2CC3CC1CC(C(=O)O)(C3)C2. The number of ether oxygens (including phenoxy) is 1. The van der Waals surface area contributed by atoms with Crippen LogP contribution in [0.15, 0.2) is 29.3 Å². The smallest absolute Gasteiger partial charge is 0.309 e. The van der Waals surface area contributed by atoms with E-state index in [4.69, 9.17) is 15.5 Å². The summed E-state index contributed by atoms with van der Waals surface area (Å²) in [4.78, 5) is 16.7. The zero-order valence-corrected chi connectivity index (χ0v) is 17.2. The lowest BCUT2D eigenvalue weighted by atomic mass is 9.48. The maximum Gasteiger partial charge on any atom is 0.309 e. The molecular weight excluding hydrogens is 385 g/mol. The zero-order chi connectivity index (χ0) is 21.5. The number of hydrogen-bond acceptors (Lipinski definition) is 4. The number of nitrogens with two attached hydrogens (primary N) is 1. The number of carbonyl (C=O) groups is 1. The first-order valence-electron chi connectivity index (χ1n) is 10.6. The van der Waals surface area contributed by atoms with Crippen molar-refractivity contribution in [2.24, 2.45) is 33.9 Å². The van der Waals surface area contributed by atoms with Crippen LogP contribution in [-0.2, 0) is 16.1 Å². The fraction of sp³-hybridized carbons (Fsp3) is 0.609. The minimum absolute atomic E-state index is 0.000524. The van der Waals surface area contributed by atoms with Gasteiger partial charge in [-0.15, -0.1) is 0 Å². The average molecular weight is 413 g/mol. The van der Waals surface area contributed by atoms with Gasteiger partial charge in [-0.3, -0.25) is 9.79 Å². The molecule has 160 valence electrons. The molecule has 3 unspecified atom stereocenters. The lowest BCUT2D eigenvalue weighted by Crippen LogP contribution is -2.56. The molecule has 0 spiro atoms. The van der Waals surface area contributed by atoms with Crippen molar-refractivity contribution in [1.29, 1.82) is 5.26 Å². The van der Waals surface area contributed by atoms with Crippen LogP contribution >= 0.6 is 0 Å². The second kappa shape index (κ2) is 7.66. The van der Waals surface area contributed by atoms with Crippen LogP contribution in [0.25, 0.3) is 0 Å². The van der Waals surface area contributed by atoms with Crippen molar-refractivity contribution >= 4 is 11.8 Å². The molecule has 7 heteroatoms. The normalized spacial score (nSPS) is 34.4. The molecule has 0 aromatic heterocycles. The number of hydrogen-bond donors (Lipinski definition) is 2. The fourth-order valence-electron chi connectivity index (χ4n) is 5.99. The lowest BCUT2D eigenvalue weighted by molar-refractivity contribution is -0.166. The minimum Gasteiger partial charge on any atom is -0.481 e. The van der Waals surface area contributed by atoms with Crippen LogP contribution in [0, 0.1) is 40.3 Å². The van der Waals surface area contributed by atoms with Crippen LogP contribution in [0.5, 0.6) is 0 Å². The molecule has 0 heterocycles. The summed E-state index contributed by atoms with van der Waals surface area (Å²) in [7, 11) is 0. The molecule has 3 N–H and O–H groups in total. The Bertz CT molecular complexity index is 895. The van der Waals surface area contributed by atoms with Gasteiger partial charge in [-0.1, -0.05) is 18.2 Å². The molecule has 1 aromatic rings. The van der Waals surface area contributed by atoms with Gasteiger partial charge in [0, 0.05) is 5.56 Å². The van der Waals surface area contributed by atoms with Crippen molar-refractivity contribution < 1.29 is 19.0 Å². The largest absolute Gasteiger partial charge is 0.481 e. The van der Waals surface area contributed by atoms with E-state index in [0.717, 1.165) is 19.3 Å². The Hall–Kier alpha value is -2.46. The van der Waals surface area contributed by atoms with E-state index in [9.17, 15) is 19.6 Å². The maximum absolute atomic E-state index is 14.0. The zero-order valence-electron chi connectivity index (χ0n) is 17.2. The monoisotopic (exact) mass is 413 g/mol. The van der Waals surface area contributed by atoms with Crippen LogP contribution < -0.4 is 5.73 Å². The van der Waals surface area contributed by atoms with E-state index in [-0.39, 0.29) is 42.6 Å². The van der Waals surface area contributed by atoms with E-state index in [2.05, 4.69) is 6.07 Å². The first kappa shape index (κ1) is 20.8. The van der Waals surface area contributed by atoms with Gasteiger partial charge in [-0.25, -0.2) is 4.39 Å². The van der Waals surface area contributed by atoms with Gasteiger partial charge in [0.1, 0.15) is 17.3 Å². The number of nitrogens with zero attached hydrogens (tertiary/aromatic N) is 2. The van der Waals surface area contributed by atoms with Gasteiger partial charge in [0.2, 0.25) is 0 Å². The van der Waals surface area contributed by atoms with Gasteiger partial charge in [0.05, 0.1) is 30.6 Å². The fourth-order valence-corrected chi connectivity index (χ4v) is 5.99. The molecule has 0 aliphatic heterocycles. The highest BCUT2D eigenvalue weighted by molar-refractivity contribution is 5.89. The summed E-state index contributed by atoms with van der Waals surface area (Å²) in [6.45, 7) is 1.70. The number of rotatable bonds is 7. The standard InChI is InChI=1S/C23H28FN3O3/c1-22(6-7-25,30-13-15-4-2-3-5-18(15)24)20(26)27-19-16-8-14-9-17(19)12-23(10-14,11-16)21(28)29/h2-5,14,16-17,19H,6,8-13H2,1H3,(H2,26,27)(H,28,29). The number of carboxylic acid groups (broad SMARTS) is 1. The lowest BCUT2D eigenvalue weighted by Gasteiger charge is -2.57. The number of aliphatic carboxylic acids is 1. The first-order chi connectivity index (χ1) is 14.3. The predicted octanol–water partition coefficient (Wildman–Crippen LogP) is 3.65. The number of halogens is 1. The number of carboxylic acids is 1. The summed E-state index contributed by atoms with van der Waals surface area (Å²) >= 11 is 0. The summed E-state index contributed by atoms with van der Waals surface area (Å²) < 4.78 is 19.9. The molecule has 3 atom stereocenters. The Labute approximate surface area is 175 Å². The van der Waals surface area contributed by atoms with Crippen molar-refractivity contribution in [2.75, 3.05) is 0 Å². The molecule has 4 fully saturated rings. The van der Waals surface area contributed by atoms with Crippen LogP contribution in [-0.4, -0.2) is 28.6 Å². The average Bonchev–Trinajstić information content (AvgIpc) is 2.69. The third-order valence-electron chi connectivity index (χ3n) is 7.43. The van der Waals surface area contributed by atoms with Gasteiger partial charge >= 0.3 is 5.97 Å². The summed E-state index contributed by atoms with van der Waals surface area (Å²) in [5.74, 6) is 0.0380. The molecule has 6 nitrogen and oxygen atoms in total. The highest BCUT2D eigenvalue weighted by Gasteiger charge is 2.59. The first-order valence-corrected chi connectivity index (χ1v) is 10.6. The topological polar surface area (TPSA) is 109 Å². The van der Waals surface area contributed by atoms with Crippen LogP contribution in [0.3, 0.4) is 0 Å². The summed E-state index contributed by atoms with van der Waals surface area (Å²) in [6.07, 6.45) is 4.03. The van der Waals surface area contributed by atoms with E-state index >= 15 is 0 Å². The van der Waals surface area contributed by atoms with Gasteiger partial charge in [-0.2, -0.15) is 5.26 Å². The molecule has 4 saturated carbocycles. The third-order valence-corrected chi connectivity index (χ3v) is 7.43. The molecule has 5 rings (SSSR count). The van der Waals surface area contributed by atoms with E-state index in [1.54, 1.807) is 25.1 Å². The van der Waals surface area contributed by atoms with E-state index in [1.165, 1.54) is 6.07 Å². The van der Waals surface area contributed by atoms with Gasteiger partial charge in [0.15, 0.2) is 0 Å². The second-order valence-electron chi connectivity index (χ2n) is 9.51. The Kier molecular flexibility index (Phi) is 5.31. The molecule has 0 saturated heterocycles. The van der Waals surface area contributed by atoms with Gasteiger partial charge in [0.25, 0.3) is 0 Å². The van der Waals surface area contributed by atoms with Crippen molar-refractivity contribution in [2.45, 2.75) is 63.7 Å². The Morgan fingerprint density at radius 1 is 1.37 bits per heavy atom. The van der Waals surface area contributed by atoms with Crippen molar-refractivity contribution in [3.8, 4) is 6.07 Å². The molecular formula is C23H28FN3O3. The molecule has 4 aliphatic rings. The molecule has 1 aromatic carbocycles. The summed E-state index contributed by atoms with van der Waals surface area (Å²) in [5, 5.41) is 19.1. The van der Waals surface area contributed by atoms with Crippen LogP contribution in [0.4, 0.5) is 4.39 Å². The number of aliphatic imine (C=N–C) groups is 1. The molecule has 4 bridgehead atoms. The van der Waals surface area contributed by atoms with Crippen LogP contribution in [0.2, 0.25) is 0 Å². The predicted molar refractivity (Wildman–Crippen MR) is 109 cm³/mol. The highest BCUT2D eigenvalue weighted by Crippen LogP contribution is 2.61. The Morgan fingerprint density at radius 2 is 2.03 bits per heavy atom. The highest BCUT2D eigenvalue weighted by atomic mass is 19.1. The number of amidine groups is 1. The summed E-state index contributed by atoms with van der Waals surface area (Å²) in [5.41, 5.74) is 5.04. The third kappa shape index (κ3) is 3.58. The number of benzene rings is 1. The second-order valence-corrected chi connectivity index (χ2v) is 9.51. The van der Waals surface area contributed by atoms with Crippen LogP contribution in [0.1, 0.15) is 51.0 Å². The van der Waals surface area contributed by atoms with Crippen molar-refractivity contribution in [3.05, 3.63) is 35.6 Å². The van der Waals surface area contributed by atoms with Gasteiger partial charge in [-0.05, 0) is 62.8 Å². The van der Waals surface area contributed by atoms with Gasteiger partial charge < -0.3 is 15.6 Å². The van der Waals surface area contributed by atoms with Crippen molar-refractivity contribution in [1.82, 2.24) is 0 Å². The molecule has 30 heavy (non-hydrogen) atoms. The quantitative estimate of drug-likeness (QED) is 0.524. The maximum atomic E-state index is 14.0. The molecule has 0 amide bonds. The van der Waals surface area contributed by atoms with E-state index < -0.39 is 17.0 Å². The Morgan fingerprint density at radius 3 is 2.63 bits per heavy atom.